The summed E-state index contributed by atoms with van der Waals surface area (Å²) in [4.78, 5) is 23.6. The number of ether oxygens (including phenoxy) is 2. The number of carbonyl (C=O) groups is 2. The first-order chi connectivity index (χ1) is 13.7. The predicted octanol–water partition coefficient (Wildman–Crippen LogP) is 3.71. The first kappa shape index (κ1) is 23.0. The van der Waals surface area contributed by atoms with E-state index in [4.69, 9.17) is 9.47 Å². The van der Waals surface area contributed by atoms with Crippen molar-refractivity contribution in [1.82, 2.24) is 5.09 Å². The molecule has 2 atom stereocenters. The van der Waals surface area contributed by atoms with E-state index in [1.54, 1.807) is 13.8 Å². The van der Waals surface area contributed by atoms with Crippen LogP contribution >= 0.6 is 7.95 Å². The van der Waals surface area contributed by atoms with E-state index in [1.807, 2.05) is 26.8 Å². The highest BCUT2D eigenvalue weighted by Gasteiger charge is 2.31. The van der Waals surface area contributed by atoms with E-state index in [0.29, 0.717) is 12.0 Å². The Labute approximate surface area is 172 Å². The van der Waals surface area contributed by atoms with Crippen molar-refractivity contribution >= 4 is 19.9 Å². The second-order valence-electron chi connectivity index (χ2n) is 7.11. The summed E-state index contributed by atoms with van der Waals surface area (Å²) in [6.45, 7) is 9.60. The average Bonchev–Trinajstić information content (AvgIpc) is 3.05. The van der Waals surface area contributed by atoms with Gasteiger partial charge in [0.05, 0.1) is 6.61 Å². The van der Waals surface area contributed by atoms with E-state index in [1.165, 1.54) is 0 Å². The summed E-state index contributed by atoms with van der Waals surface area (Å²) < 4.78 is 22.3. The van der Waals surface area contributed by atoms with Crippen LogP contribution in [0.25, 0.3) is 0 Å². The SMILES string of the molecule is CCOC(=O)C(C)N[P+](=O)CC(C)=CCc1c(O)c2c(c(C)c1CC)COC2=O. The molecule has 1 heterocycles. The lowest BCUT2D eigenvalue weighted by atomic mass is 9.89. The fourth-order valence-electron chi connectivity index (χ4n) is 3.49. The van der Waals surface area contributed by atoms with E-state index >= 15 is 0 Å². The minimum atomic E-state index is -1.83. The number of esters is 2. The van der Waals surface area contributed by atoms with Gasteiger partial charge in [-0.2, -0.15) is 0 Å². The van der Waals surface area contributed by atoms with Crippen LogP contribution < -0.4 is 5.09 Å². The number of allylic oxidation sites excluding steroid dienone is 2. The van der Waals surface area contributed by atoms with Crippen LogP contribution in [-0.4, -0.2) is 35.9 Å². The summed E-state index contributed by atoms with van der Waals surface area (Å²) in [5.41, 5.74) is 4.55. The third-order valence-corrected chi connectivity index (χ3v) is 6.49. The number of rotatable bonds is 9. The monoisotopic (exact) mass is 422 g/mol. The highest BCUT2D eigenvalue weighted by Crippen LogP contribution is 2.38. The molecule has 7 nitrogen and oxygen atoms in total. The molecule has 1 aliphatic heterocycles. The number of hydrogen-bond acceptors (Lipinski definition) is 6. The van der Waals surface area contributed by atoms with Crippen LogP contribution in [0.2, 0.25) is 0 Å². The third-order valence-electron chi connectivity index (χ3n) is 5.02. The number of cyclic esters (lactones) is 1. The van der Waals surface area contributed by atoms with Gasteiger partial charge in [0.1, 0.15) is 24.0 Å². The minimum absolute atomic E-state index is 0.0209. The van der Waals surface area contributed by atoms with Gasteiger partial charge in [-0.25, -0.2) is 4.79 Å². The molecule has 0 saturated carbocycles. The lowest BCUT2D eigenvalue weighted by Gasteiger charge is -2.15. The lowest BCUT2D eigenvalue weighted by Crippen LogP contribution is -2.31. The Morgan fingerprint density at radius 2 is 2.07 bits per heavy atom. The van der Waals surface area contributed by atoms with Crippen molar-refractivity contribution in [2.45, 2.75) is 60.1 Å². The summed E-state index contributed by atoms with van der Waals surface area (Å²) in [5, 5.41) is 13.4. The maximum absolute atomic E-state index is 12.3. The smallest absolute Gasteiger partial charge is 0.437 e. The number of hydrogen-bond donors (Lipinski definition) is 2. The van der Waals surface area contributed by atoms with Crippen molar-refractivity contribution in [3.63, 3.8) is 0 Å². The first-order valence-corrected chi connectivity index (χ1v) is 11.2. The second kappa shape index (κ2) is 9.99. The standard InChI is InChI=1S/C21H28NO6P/c1-6-15-13(4)17-10-28-21(25)18(17)19(23)16(15)9-8-12(3)11-29(26)22-14(5)20(24)27-7-2/h8,14H,6-7,9-11H2,1-5H3,(H-,22,23,25,26)/p+1. The van der Waals surface area contributed by atoms with Gasteiger partial charge < -0.3 is 14.6 Å². The Morgan fingerprint density at radius 3 is 2.69 bits per heavy atom. The fourth-order valence-corrected chi connectivity index (χ4v) is 4.70. The van der Waals surface area contributed by atoms with Gasteiger partial charge in [-0.1, -0.05) is 18.1 Å². The van der Waals surface area contributed by atoms with Crippen molar-refractivity contribution in [3.8, 4) is 5.75 Å². The molecule has 0 amide bonds. The molecule has 0 spiro atoms. The molecule has 2 unspecified atom stereocenters. The number of benzene rings is 1. The molecule has 0 fully saturated rings. The Balaban J connectivity index is 2.14. The van der Waals surface area contributed by atoms with Gasteiger partial charge in [0.25, 0.3) is 0 Å². The largest absolute Gasteiger partial charge is 0.507 e. The summed E-state index contributed by atoms with van der Waals surface area (Å²) >= 11 is 0. The van der Waals surface area contributed by atoms with Crippen LogP contribution in [0.15, 0.2) is 11.6 Å². The van der Waals surface area contributed by atoms with Crippen molar-refractivity contribution in [1.29, 1.82) is 0 Å². The Kier molecular flexibility index (Phi) is 7.94. The number of aromatic hydroxyl groups is 1. The van der Waals surface area contributed by atoms with E-state index in [-0.39, 0.29) is 30.7 Å². The molecule has 0 aliphatic carbocycles. The molecule has 1 aromatic carbocycles. The van der Waals surface area contributed by atoms with Gasteiger partial charge >= 0.3 is 19.9 Å². The Morgan fingerprint density at radius 1 is 1.38 bits per heavy atom. The van der Waals surface area contributed by atoms with Crippen LogP contribution in [0.1, 0.15) is 60.3 Å². The summed E-state index contributed by atoms with van der Waals surface area (Å²) in [7, 11) is -1.83. The number of phenolic OH excluding ortho intramolecular Hbond substituents is 1. The average molecular weight is 422 g/mol. The molecular weight excluding hydrogens is 393 g/mol. The van der Waals surface area contributed by atoms with E-state index < -0.39 is 25.9 Å². The van der Waals surface area contributed by atoms with Crippen LogP contribution in [0.5, 0.6) is 5.75 Å². The van der Waals surface area contributed by atoms with Gasteiger partial charge in [0, 0.05) is 11.1 Å². The molecule has 0 saturated heterocycles. The van der Waals surface area contributed by atoms with Crippen LogP contribution in [0, 0.1) is 6.92 Å². The maximum Gasteiger partial charge on any atom is 0.437 e. The molecule has 29 heavy (non-hydrogen) atoms. The second-order valence-corrected chi connectivity index (χ2v) is 8.44. The lowest BCUT2D eigenvalue weighted by molar-refractivity contribution is -0.144. The zero-order valence-corrected chi connectivity index (χ0v) is 18.5. The molecule has 8 heteroatoms. The van der Waals surface area contributed by atoms with Crippen LogP contribution in [0.4, 0.5) is 0 Å². The molecule has 2 rings (SSSR count). The van der Waals surface area contributed by atoms with Gasteiger partial charge in [-0.15, -0.1) is 0 Å². The maximum atomic E-state index is 12.3. The van der Waals surface area contributed by atoms with E-state index in [9.17, 15) is 19.3 Å². The summed E-state index contributed by atoms with van der Waals surface area (Å²) in [5.74, 6) is -0.951. The summed E-state index contributed by atoms with van der Waals surface area (Å²) in [6, 6.07) is -0.646. The van der Waals surface area contributed by atoms with Crippen molar-refractivity contribution in [3.05, 3.63) is 39.5 Å². The molecule has 2 N–H and O–H groups in total. The molecule has 0 aromatic heterocycles. The minimum Gasteiger partial charge on any atom is -0.507 e. The Hall–Kier alpha value is -2.24. The van der Waals surface area contributed by atoms with Crippen molar-refractivity contribution < 1.29 is 28.7 Å². The van der Waals surface area contributed by atoms with Crippen LogP contribution in [-0.2, 0) is 38.3 Å². The van der Waals surface area contributed by atoms with Crippen molar-refractivity contribution in [2.75, 3.05) is 12.8 Å². The van der Waals surface area contributed by atoms with E-state index in [0.717, 1.165) is 28.7 Å². The van der Waals surface area contributed by atoms with Gasteiger partial charge in [-0.3, -0.25) is 4.79 Å². The predicted molar refractivity (Wildman–Crippen MR) is 111 cm³/mol. The normalized spacial score (nSPS) is 15.0. The zero-order valence-electron chi connectivity index (χ0n) is 17.6. The number of nitrogens with one attached hydrogen (secondary N) is 1. The van der Waals surface area contributed by atoms with Gasteiger partial charge in [-0.05, 0) is 61.8 Å². The highest BCUT2D eigenvalue weighted by molar-refractivity contribution is 7.42. The van der Waals surface area contributed by atoms with E-state index in [2.05, 4.69) is 5.09 Å². The van der Waals surface area contributed by atoms with Gasteiger partial charge in [0.15, 0.2) is 6.16 Å². The number of fused-ring (bicyclic) bond motifs is 1. The quantitative estimate of drug-likeness (QED) is 0.355. The number of carbonyl (C=O) groups excluding carboxylic acids is 2. The van der Waals surface area contributed by atoms with Crippen LogP contribution in [0.3, 0.4) is 0 Å². The molecule has 158 valence electrons. The first-order valence-electron chi connectivity index (χ1n) is 9.77. The third kappa shape index (κ3) is 5.22. The fraction of sp³-hybridized carbons (Fsp3) is 0.524. The topological polar surface area (TPSA) is 102 Å². The molecular formula is C21H29NO6P+. The molecule has 0 radical (unpaired) electrons. The van der Waals surface area contributed by atoms with Gasteiger partial charge in [0.2, 0.25) is 0 Å². The Bertz CT molecular complexity index is 861. The zero-order chi connectivity index (χ0) is 21.7. The highest BCUT2D eigenvalue weighted by atomic mass is 31.1. The molecule has 1 aromatic rings. The number of phenols is 1. The molecule has 0 bridgehead atoms. The van der Waals surface area contributed by atoms with Crippen molar-refractivity contribution in [2.24, 2.45) is 0 Å². The summed E-state index contributed by atoms with van der Waals surface area (Å²) in [6.07, 6.45) is 3.30. The molecule has 1 aliphatic rings.